The molecule has 1 amide bonds. The van der Waals surface area contributed by atoms with E-state index >= 15 is 0 Å². The van der Waals surface area contributed by atoms with Gasteiger partial charge in [-0.3, -0.25) is 4.79 Å². The number of nitrogens with zero attached hydrogens (tertiary/aromatic N) is 2. The first-order valence-electron chi connectivity index (χ1n) is 7.33. The fourth-order valence-corrected chi connectivity index (χ4v) is 5.03. The minimum absolute atomic E-state index is 0.0677. The molecule has 2 heterocycles. The molecular formula is C16H20N2O3S. The minimum atomic E-state index is -3.00. The van der Waals surface area contributed by atoms with Gasteiger partial charge in [-0.1, -0.05) is 18.2 Å². The normalized spacial score (nSPS) is 20.4. The van der Waals surface area contributed by atoms with Crippen molar-refractivity contribution in [3.8, 4) is 0 Å². The van der Waals surface area contributed by atoms with Crippen LogP contribution in [0.1, 0.15) is 22.5 Å². The number of rotatable bonds is 2. The molecule has 1 aromatic heterocycles. The number of hydrogen-bond donors (Lipinski definition) is 0. The highest BCUT2D eigenvalue weighted by molar-refractivity contribution is 7.91. The molecular weight excluding hydrogens is 300 g/mol. The molecule has 22 heavy (non-hydrogen) atoms. The van der Waals surface area contributed by atoms with Gasteiger partial charge in [0.25, 0.3) is 5.91 Å². The van der Waals surface area contributed by atoms with Gasteiger partial charge < -0.3 is 9.47 Å². The molecule has 0 aliphatic carbocycles. The van der Waals surface area contributed by atoms with Crippen LogP contribution in [0.15, 0.2) is 24.3 Å². The lowest BCUT2D eigenvalue weighted by Gasteiger charge is -2.23. The van der Waals surface area contributed by atoms with E-state index in [1.54, 1.807) is 11.9 Å². The molecule has 2 aromatic rings. The molecule has 1 aromatic carbocycles. The number of benzene rings is 1. The molecule has 118 valence electrons. The Hall–Kier alpha value is -1.82. The summed E-state index contributed by atoms with van der Waals surface area (Å²) >= 11 is 0. The van der Waals surface area contributed by atoms with Crippen LogP contribution in [-0.4, -0.2) is 48.4 Å². The van der Waals surface area contributed by atoms with Crippen LogP contribution in [-0.2, 0) is 16.9 Å². The Balaban J connectivity index is 1.96. The standard InChI is InChI=1S/C16H20N2O3S/c1-11-5-4-6-12-9-14(18(3)15(11)12)16(19)17(2)13-7-8-22(20,21)10-13/h4-6,9,13H,7-8,10H2,1-3H3. The van der Waals surface area contributed by atoms with Crippen LogP contribution in [0.2, 0.25) is 0 Å². The minimum Gasteiger partial charge on any atom is -0.339 e. The van der Waals surface area contributed by atoms with Crippen molar-refractivity contribution < 1.29 is 13.2 Å². The van der Waals surface area contributed by atoms with Crippen molar-refractivity contribution in [2.45, 2.75) is 19.4 Å². The van der Waals surface area contributed by atoms with Gasteiger partial charge in [0.1, 0.15) is 5.69 Å². The molecule has 1 atom stereocenters. The number of aryl methyl sites for hydroxylation is 2. The summed E-state index contributed by atoms with van der Waals surface area (Å²) in [6.07, 6.45) is 0.521. The van der Waals surface area contributed by atoms with E-state index in [1.165, 1.54) is 0 Å². The van der Waals surface area contributed by atoms with E-state index in [4.69, 9.17) is 0 Å². The van der Waals surface area contributed by atoms with Gasteiger partial charge in [-0.05, 0) is 25.0 Å². The maximum atomic E-state index is 12.8. The molecule has 0 radical (unpaired) electrons. The Labute approximate surface area is 130 Å². The zero-order valence-electron chi connectivity index (χ0n) is 13.0. The zero-order chi connectivity index (χ0) is 16.1. The molecule has 6 heteroatoms. The van der Waals surface area contributed by atoms with Crippen molar-refractivity contribution in [2.24, 2.45) is 7.05 Å². The van der Waals surface area contributed by atoms with Gasteiger partial charge >= 0.3 is 0 Å². The highest BCUT2D eigenvalue weighted by atomic mass is 32.2. The summed E-state index contributed by atoms with van der Waals surface area (Å²) in [4.78, 5) is 14.3. The number of fused-ring (bicyclic) bond motifs is 1. The molecule has 0 saturated carbocycles. The fourth-order valence-electron chi connectivity index (χ4n) is 3.25. The molecule has 1 saturated heterocycles. The van der Waals surface area contributed by atoms with E-state index in [0.29, 0.717) is 12.1 Å². The summed E-state index contributed by atoms with van der Waals surface area (Å²) in [6, 6.07) is 7.63. The topological polar surface area (TPSA) is 59.4 Å². The third-order valence-electron chi connectivity index (χ3n) is 4.55. The largest absolute Gasteiger partial charge is 0.339 e. The first-order chi connectivity index (χ1) is 10.3. The maximum absolute atomic E-state index is 12.8. The van der Waals surface area contributed by atoms with Crippen LogP contribution in [0.25, 0.3) is 10.9 Å². The van der Waals surface area contributed by atoms with Crippen LogP contribution in [0.3, 0.4) is 0 Å². The summed E-state index contributed by atoms with van der Waals surface area (Å²) in [5.41, 5.74) is 2.75. The summed E-state index contributed by atoms with van der Waals surface area (Å²) in [7, 11) is 0.571. The van der Waals surface area contributed by atoms with Crippen LogP contribution in [0.5, 0.6) is 0 Å². The Morgan fingerprint density at radius 3 is 2.68 bits per heavy atom. The summed E-state index contributed by atoms with van der Waals surface area (Å²) in [5, 5.41) is 1.03. The maximum Gasteiger partial charge on any atom is 0.270 e. The average molecular weight is 320 g/mol. The van der Waals surface area contributed by atoms with Crippen molar-refractivity contribution >= 4 is 26.6 Å². The number of amides is 1. The number of hydrogen-bond acceptors (Lipinski definition) is 3. The van der Waals surface area contributed by atoms with E-state index in [-0.39, 0.29) is 23.5 Å². The molecule has 1 aliphatic rings. The second-order valence-corrected chi connectivity index (χ2v) is 8.30. The van der Waals surface area contributed by atoms with E-state index < -0.39 is 9.84 Å². The third-order valence-corrected chi connectivity index (χ3v) is 6.30. The SMILES string of the molecule is Cc1cccc2cc(C(=O)N(C)C3CCS(=O)(=O)C3)n(C)c12. The van der Waals surface area contributed by atoms with Gasteiger partial charge in [-0.25, -0.2) is 8.42 Å². The van der Waals surface area contributed by atoms with Crippen LogP contribution >= 0.6 is 0 Å². The van der Waals surface area contributed by atoms with Gasteiger partial charge in [0.2, 0.25) is 0 Å². The van der Waals surface area contributed by atoms with Crippen molar-refractivity contribution in [1.29, 1.82) is 0 Å². The van der Waals surface area contributed by atoms with Gasteiger partial charge in [0.05, 0.1) is 17.0 Å². The fraction of sp³-hybridized carbons (Fsp3) is 0.438. The Kier molecular flexibility index (Phi) is 3.51. The second kappa shape index (κ2) is 5.12. The van der Waals surface area contributed by atoms with Gasteiger partial charge in [-0.15, -0.1) is 0 Å². The molecule has 0 spiro atoms. The summed E-state index contributed by atoms with van der Waals surface area (Å²) in [6.45, 7) is 2.02. The van der Waals surface area contributed by atoms with Gasteiger partial charge in [0.15, 0.2) is 9.84 Å². The predicted octanol–water partition coefficient (Wildman–Crippen LogP) is 1.75. The Bertz CT molecular complexity index is 852. The van der Waals surface area contributed by atoms with E-state index in [9.17, 15) is 13.2 Å². The molecule has 1 aliphatic heterocycles. The van der Waals surface area contributed by atoms with Crippen molar-refractivity contribution in [2.75, 3.05) is 18.6 Å². The molecule has 1 fully saturated rings. The van der Waals surface area contributed by atoms with Crippen LogP contribution in [0, 0.1) is 6.92 Å². The van der Waals surface area contributed by atoms with Crippen molar-refractivity contribution in [3.63, 3.8) is 0 Å². The highest BCUT2D eigenvalue weighted by Gasteiger charge is 2.33. The Morgan fingerprint density at radius 1 is 1.36 bits per heavy atom. The quantitative estimate of drug-likeness (QED) is 0.847. The van der Waals surface area contributed by atoms with Crippen LogP contribution in [0.4, 0.5) is 0 Å². The van der Waals surface area contributed by atoms with E-state index in [1.807, 2.05) is 42.8 Å². The summed E-state index contributed by atoms with van der Waals surface area (Å²) < 4.78 is 25.1. The number of carbonyl (C=O) groups is 1. The predicted molar refractivity (Wildman–Crippen MR) is 86.8 cm³/mol. The first kappa shape index (κ1) is 15.1. The lowest BCUT2D eigenvalue weighted by Crippen LogP contribution is -2.38. The lowest BCUT2D eigenvalue weighted by molar-refractivity contribution is 0.0738. The van der Waals surface area contributed by atoms with Crippen LogP contribution < -0.4 is 0 Å². The van der Waals surface area contributed by atoms with Crippen molar-refractivity contribution in [3.05, 3.63) is 35.5 Å². The smallest absolute Gasteiger partial charge is 0.270 e. The molecule has 0 bridgehead atoms. The summed E-state index contributed by atoms with van der Waals surface area (Å²) in [5.74, 6) is 0.113. The number of para-hydroxylation sites is 1. The zero-order valence-corrected chi connectivity index (χ0v) is 13.9. The van der Waals surface area contributed by atoms with E-state index in [2.05, 4.69) is 0 Å². The average Bonchev–Trinajstić information content (AvgIpc) is 2.98. The Morgan fingerprint density at radius 2 is 2.09 bits per heavy atom. The molecule has 5 nitrogen and oxygen atoms in total. The number of carbonyl (C=O) groups excluding carboxylic acids is 1. The lowest BCUT2D eigenvalue weighted by atomic mass is 10.1. The van der Waals surface area contributed by atoms with Gasteiger partial charge in [-0.2, -0.15) is 0 Å². The van der Waals surface area contributed by atoms with Gasteiger partial charge in [0, 0.05) is 25.5 Å². The number of sulfone groups is 1. The van der Waals surface area contributed by atoms with Crippen molar-refractivity contribution in [1.82, 2.24) is 9.47 Å². The molecule has 1 unspecified atom stereocenters. The highest BCUT2D eigenvalue weighted by Crippen LogP contribution is 2.24. The molecule has 0 N–H and O–H groups in total. The first-order valence-corrected chi connectivity index (χ1v) is 9.15. The monoisotopic (exact) mass is 320 g/mol. The van der Waals surface area contributed by atoms with E-state index in [0.717, 1.165) is 16.5 Å². The third kappa shape index (κ3) is 2.41. The number of aromatic nitrogens is 1. The molecule has 3 rings (SSSR count). The second-order valence-electron chi connectivity index (χ2n) is 6.07.